The molecule has 0 aliphatic rings. The van der Waals surface area contributed by atoms with Gasteiger partial charge in [0.05, 0.1) is 12.1 Å². The van der Waals surface area contributed by atoms with E-state index in [0.717, 1.165) is 29.3 Å². The number of nitrogens with one attached hydrogen (secondary N) is 2. The number of ether oxygens (including phenoxy) is 1. The van der Waals surface area contributed by atoms with Gasteiger partial charge in [0.15, 0.2) is 0 Å². The lowest BCUT2D eigenvalue weighted by atomic mass is 10.1. The molecule has 0 atom stereocenters. The van der Waals surface area contributed by atoms with Crippen molar-refractivity contribution in [2.45, 2.75) is 20.3 Å². The first-order valence-corrected chi connectivity index (χ1v) is 8.78. The van der Waals surface area contributed by atoms with Gasteiger partial charge >= 0.3 is 0 Å². The summed E-state index contributed by atoms with van der Waals surface area (Å²) in [6.07, 6.45) is 0.947. The van der Waals surface area contributed by atoms with Crippen molar-refractivity contribution in [1.29, 1.82) is 0 Å². The summed E-state index contributed by atoms with van der Waals surface area (Å²) in [5.74, 6) is 1.86. The minimum Gasteiger partial charge on any atom is -0.495 e. The molecule has 3 rings (SSSR count). The van der Waals surface area contributed by atoms with Crippen LogP contribution in [0.4, 0.5) is 23.1 Å². The average molecular weight is 369 g/mol. The molecule has 0 aliphatic carbocycles. The summed E-state index contributed by atoms with van der Waals surface area (Å²) in [6.45, 7) is 4.07. The second-order valence-corrected chi connectivity index (χ2v) is 6.24. The van der Waals surface area contributed by atoms with Crippen LogP contribution in [0.3, 0.4) is 0 Å². The molecule has 0 saturated heterocycles. The molecule has 0 radical (unpaired) electrons. The molecule has 0 amide bonds. The molecule has 0 spiro atoms. The molecule has 1 heterocycles. The summed E-state index contributed by atoms with van der Waals surface area (Å²) in [7, 11) is 1.59. The standard InChI is InChI=1S/C20H21ClN4O/c1-4-14-7-5-6-8-17(14)24-19-11-13(2)22-20(25-19)23-15-9-10-18(26-3)16(21)12-15/h5-12H,4H2,1-3H3,(H2,22,23,24,25). The van der Waals surface area contributed by atoms with E-state index in [-0.39, 0.29) is 0 Å². The Bertz CT molecular complexity index is 914. The van der Waals surface area contributed by atoms with Gasteiger partial charge < -0.3 is 15.4 Å². The Morgan fingerprint density at radius 2 is 1.85 bits per heavy atom. The number of hydrogen-bond acceptors (Lipinski definition) is 5. The minimum absolute atomic E-state index is 0.503. The Morgan fingerprint density at radius 3 is 2.58 bits per heavy atom. The molecule has 0 saturated carbocycles. The van der Waals surface area contributed by atoms with E-state index in [9.17, 15) is 0 Å². The lowest BCUT2D eigenvalue weighted by molar-refractivity contribution is 0.415. The fourth-order valence-corrected chi connectivity index (χ4v) is 2.91. The summed E-state index contributed by atoms with van der Waals surface area (Å²) in [6, 6.07) is 15.6. The van der Waals surface area contributed by atoms with E-state index < -0.39 is 0 Å². The second kappa shape index (κ2) is 8.06. The number of rotatable bonds is 6. The second-order valence-electron chi connectivity index (χ2n) is 5.83. The number of aromatic nitrogens is 2. The highest BCUT2D eigenvalue weighted by molar-refractivity contribution is 6.32. The van der Waals surface area contributed by atoms with Crippen LogP contribution < -0.4 is 15.4 Å². The average Bonchev–Trinajstić information content (AvgIpc) is 2.62. The molecular formula is C20H21ClN4O. The number of aryl methyl sites for hydroxylation is 2. The Balaban J connectivity index is 1.84. The first-order valence-electron chi connectivity index (χ1n) is 8.40. The topological polar surface area (TPSA) is 59.1 Å². The van der Waals surface area contributed by atoms with Crippen molar-refractivity contribution >= 4 is 34.7 Å². The Labute approximate surface area is 158 Å². The van der Waals surface area contributed by atoms with Gasteiger partial charge in [-0.05, 0) is 43.2 Å². The first-order chi connectivity index (χ1) is 12.6. The molecule has 5 nitrogen and oxygen atoms in total. The highest BCUT2D eigenvalue weighted by Gasteiger charge is 2.07. The monoisotopic (exact) mass is 368 g/mol. The van der Waals surface area contributed by atoms with Crippen molar-refractivity contribution in [2.24, 2.45) is 0 Å². The van der Waals surface area contributed by atoms with E-state index in [4.69, 9.17) is 16.3 Å². The van der Waals surface area contributed by atoms with Crippen LogP contribution in [0.2, 0.25) is 5.02 Å². The smallest absolute Gasteiger partial charge is 0.229 e. The Morgan fingerprint density at radius 1 is 1.04 bits per heavy atom. The lowest BCUT2D eigenvalue weighted by Crippen LogP contribution is -2.03. The van der Waals surface area contributed by atoms with Crippen LogP contribution in [0.25, 0.3) is 0 Å². The molecule has 2 aromatic carbocycles. The summed E-state index contributed by atoms with van der Waals surface area (Å²) in [5.41, 5.74) is 3.94. The predicted molar refractivity (Wildman–Crippen MR) is 107 cm³/mol. The van der Waals surface area contributed by atoms with Crippen LogP contribution in [-0.4, -0.2) is 17.1 Å². The van der Waals surface area contributed by atoms with Crippen LogP contribution in [0.5, 0.6) is 5.75 Å². The van der Waals surface area contributed by atoms with Gasteiger partial charge in [0.2, 0.25) is 5.95 Å². The number of anilines is 4. The van der Waals surface area contributed by atoms with Gasteiger partial charge in [0, 0.05) is 23.1 Å². The van der Waals surface area contributed by atoms with E-state index in [2.05, 4.69) is 33.6 Å². The molecule has 3 aromatic rings. The van der Waals surface area contributed by atoms with Crippen molar-refractivity contribution in [2.75, 3.05) is 17.7 Å². The van der Waals surface area contributed by atoms with Gasteiger partial charge in [-0.25, -0.2) is 4.98 Å². The van der Waals surface area contributed by atoms with Crippen molar-refractivity contribution in [3.63, 3.8) is 0 Å². The molecule has 26 heavy (non-hydrogen) atoms. The fraction of sp³-hybridized carbons (Fsp3) is 0.200. The molecule has 0 bridgehead atoms. The van der Waals surface area contributed by atoms with Crippen LogP contribution >= 0.6 is 11.6 Å². The number of halogens is 1. The number of benzene rings is 2. The molecule has 0 fully saturated rings. The summed E-state index contributed by atoms with van der Waals surface area (Å²) in [4.78, 5) is 9.01. The molecule has 1 aromatic heterocycles. The van der Waals surface area contributed by atoms with Crippen molar-refractivity contribution < 1.29 is 4.74 Å². The van der Waals surface area contributed by atoms with Gasteiger partial charge in [-0.1, -0.05) is 36.7 Å². The highest BCUT2D eigenvalue weighted by atomic mass is 35.5. The summed E-state index contributed by atoms with van der Waals surface area (Å²) < 4.78 is 5.18. The summed E-state index contributed by atoms with van der Waals surface area (Å²) in [5, 5.41) is 7.10. The quantitative estimate of drug-likeness (QED) is 0.601. The van der Waals surface area contributed by atoms with E-state index in [1.165, 1.54) is 5.56 Å². The van der Waals surface area contributed by atoms with E-state index in [1.807, 2.05) is 37.3 Å². The van der Waals surface area contributed by atoms with Crippen LogP contribution in [0.1, 0.15) is 18.2 Å². The van der Waals surface area contributed by atoms with Crippen LogP contribution in [0, 0.1) is 6.92 Å². The zero-order valence-corrected chi connectivity index (χ0v) is 15.8. The fourth-order valence-electron chi connectivity index (χ4n) is 2.65. The minimum atomic E-state index is 0.503. The zero-order valence-electron chi connectivity index (χ0n) is 15.0. The largest absolute Gasteiger partial charge is 0.495 e. The Hall–Kier alpha value is -2.79. The van der Waals surface area contributed by atoms with Gasteiger partial charge in [-0.15, -0.1) is 0 Å². The number of hydrogen-bond donors (Lipinski definition) is 2. The predicted octanol–water partition coefficient (Wildman–Crippen LogP) is 5.50. The molecule has 2 N–H and O–H groups in total. The van der Waals surface area contributed by atoms with Gasteiger partial charge in [-0.2, -0.15) is 4.98 Å². The maximum absolute atomic E-state index is 6.18. The normalized spacial score (nSPS) is 10.5. The Kier molecular flexibility index (Phi) is 5.58. The van der Waals surface area contributed by atoms with Crippen molar-refractivity contribution in [3.05, 3.63) is 64.8 Å². The molecule has 0 aliphatic heterocycles. The van der Waals surface area contributed by atoms with Gasteiger partial charge in [0.25, 0.3) is 0 Å². The maximum atomic E-state index is 6.18. The SMILES string of the molecule is CCc1ccccc1Nc1cc(C)nc(Nc2ccc(OC)c(Cl)c2)n1. The van der Waals surface area contributed by atoms with Crippen LogP contribution in [0.15, 0.2) is 48.5 Å². The van der Waals surface area contributed by atoms with Gasteiger partial charge in [0.1, 0.15) is 11.6 Å². The van der Waals surface area contributed by atoms with Crippen molar-refractivity contribution in [3.8, 4) is 5.75 Å². The lowest BCUT2D eigenvalue weighted by Gasteiger charge is -2.13. The third-order valence-corrected chi connectivity index (χ3v) is 4.22. The van der Waals surface area contributed by atoms with Crippen LogP contribution in [-0.2, 0) is 6.42 Å². The van der Waals surface area contributed by atoms with E-state index >= 15 is 0 Å². The molecular weight excluding hydrogens is 348 g/mol. The summed E-state index contributed by atoms with van der Waals surface area (Å²) >= 11 is 6.18. The van der Waals surface area contributed by atoms with Crippen molar-refractivity contribution in [1.82, 2.24) is 9.97 Å². The maximum Gasteiger partial charge on any atom is 0.229 e. The number of methoxy groups -OCH3 is 1. The first kappa shape index (κ1) is 18.0. The highest BCUT2D eigenvalue weighted by Crippen LogP contribution is 2.28. The molecule has 0 unspecified atom stereocenters. The van der Waals surface area contributed by atoms with E-state index in [0.29, 0.717) is 16.7 Å². The third kappa shape index (κ3) is 4.24. The zero-order chi connectivity index (χ0) is 18.5. The van der Waals surface area contributed by atoms with E-state index in [1.54, 1.807) is 19.2 Å². The van der Waals surface area contributed by atoms with Gasteiger partial charge in [-0.3, -0.25) is 0 Å². The third-order valence-electron chi connectivity index (χ3n) is 3.92. The number of para-hydroxylation sites is 1. The number of nitrogens with zero attached hydrogens (tertiary/aromatic N) is 2. The molecule has 6 heteroatoms. The molecule has 134 valence electrons.